The highest BCUT2D eigenvalue weighted by Crippen LogP contribution is 2.42. The van der Waals surface area contributed by atoms with Crippen LogP contribution in [0.25, 0.3) is 11.1 Å². The van der Waals surface area contributed by atoms with Gasteiger partial charge in [-0.25, -0.2) is 0 Å². The molecule has 2 aromatic carbocycles. The highest BCUT2D eigenvalue weighted by Gasteiger charge is 2.26. The van der Waals surface area contributed by atoms with E-state index < -0.39 is 37.9 Å². The Morgan fingerprint density at radius 1 is 0.643 bits per heavy atom. The molecule has 148 valence electrons. The SMILES string of the molecule is CC(C)(C)c1ccc([O][Al]([Cl])[Cl])c(-c2cc([O][Al]([Cl])[Cl])ccc2[O][Al]([Cl])[Cl])c1. The third-order valence-electron chi connectivity index (χ3n) is 3.74. The van der Waals surface area contributed by atoms with E-state index in [1.165, 1.54) is 0 Å². The molecule has 0 saturated heterocycles. The summed E-state index contributed by atoms with van der Waals surface area (Å²) in [6.07, 6.45) is 0. The van der Waals surface area contributed by atoms with Crippen molar-refractivity contribution >= 4 is 98.2 Å². The highest BCUT2D eigenvalue weighted by atomic mass is 35.7. The van der Waals surface area contributed by atoms with Gasteiger partial charge in [-0.2, -0.15) is 60.3 Å². The Morgan fingerprint density at radius 3 is 1.57 bits per heavy atom. The first-order chi connectivity index (χ1) is 13.0. The third-order valence-corrected chi connectivity index (χ3v) is 6.66. The molecule has 0 N–H and O–H groups in total. The minimum absolute atomic E-state index is 0.0955. The zero-order valence-corrected chi connectivity index (χ0v) is 23.2. The minimum Gasteiger partial charge on any atom is -0.620 e. The molecule has 0 radical (unpaired) electrons. The second-order valence-corrected chi connectivity index (χ2v) is 18.2. The quantitative estimate of drug-likeness (QED) is 0.343. The minimum atomic E-state index is -2.41. The molecule has 0 atom stereocenters. The molecule has 0 spiro atoms. The summed E-state index contributed by atoms with van der Waals surface area (Å²) in [5.41, 5.74) is 2.39. The Hall–Kier alpha value is 1.18. The van der Waals surface area contributed by atoms with Crippen LogP contribution in [0.5, 0.6) is 17.2 Å². The van der Waals surface area contributed by atoms with Gasteiger partial charge < -0.3 is 11.4 Å². The maximum absolute atomic E-state index is 5.99. The van der Waals surface area contributed by atoms with E-state index in [9.17, 15) is 0 Å². The number of halogens is 6. The average Bonchev–Trinajstić information content (AvgIpc) is 2.54. The van der Waals surface area contributed by atoms with E-state index in [-0.39, 0.29) is 5.41 Å². The first-order valence-electron chi connectivity index (χ1n) is 8.10. The molecule has 28 heavy (non-hydrogen) atoms. The molecule has 0 saturated carbocycles. The summed E-state index contributed by atoms with van der Waals surface area (Å²) in [5.74, 6) is 1.53. The molecular formula is C16H15Al3Cl6O3. The van der Waals surface area contributed by atoms with Crippen LogP contribution in [0.4, 0.5) is 0 Å². The molecule has 0 unspecified atom stereocenters. The van der Waals surface area contributed by atoms with E-state index in [4.69, 9.17) is 71.7 Å². The van der Waals surface area contributed by atoms with Crippen molar-refractivity contribution in [1.29, 1.82) is 0 Å². The number of hydrogen-bond donors (Lipinski definition) is 0. The van der Waals surface area contributed by atoms with Gasteiger partial charge in [0.1, 0.15) is 0 Å². The fourth-order valence-electron chi connectivity index (χ4n) is 2.50. The van der Waals surface area contributed by atoms with E-state index >= 15 is 0 Å². The van der Waals surface area contributed by atoms with Crippen molar-refractivity contribution in [2.75, 3.05) is 0 Å². The second kappa shape index (κ2) is 11.2. The highest BCUT2D eigenvalue weighted by molar-refractivity contribution is 7.31. The topological polar surface area (TPSA) is 27.7 Å². The van der Waals surface area contributed by atoms with Gasteiger partial charge in [0.25, 0.3) is 0 Å². The monoisotopic (exact) mass is 546 g/mol. The van der Waals surface area contributed by atoms with Crippen LogP contribution in [-0.2, 0) is 5.41 Å². The lowest BCUT2D eigenvalue weighted by Gasteiger charge is -2.23. The van der Waals surface area contributed by atoms with Crippen molar-refractivity contribution in [2.45, 2.75) is 26.2 Å². The van der Waals surface area contributed by atoms with E-state index in [1.807, 2.05) is 18.2 Å². The largest absolute Gasteiger partial charge is 0.815 e. The van der Waals surface area contributed by atoms with Crippen LogP contribution in [0, 0.1) is 0 Å². The Kier molecular flexibility index (Phi) is 10.1. The van der Waals surface area contributed by atoms with Crippen LogP contribution in [0.1, 0.15) is 26.3 Å². The van der Waals surface area contributed by atoms with Crippen LogP contribution < -0.4 is 11.4 Å². The molecule has 0 amide bonds. The van der Waals surface area contributed by atoms with Gasteiger partial charge >= 0.3 is 37.9 Å². The Balaban J connectivity index is 2.70. The van der Waals surface area contributed by atoms with Gasteiger partial charge in [-0.1, -0.05) is 26.8 Å². The molecule has 0 bridgehead atoms. The second-order valence-electron chi connectivity index (χ2n) is 6.75. The van der Waals surface area contributed by atoms with Crippen molar-refractivity contribution in [3.63, 3.8) is 0 Å². The van der Waals surface area contributed by atoms with Crippen LogP contribution in [0.15, 0.2) is 36.4 Å². The van der Waals surface area contributed by atoms with Gasteiger partial charge in [0, 0.05) is 11.1 Å². The van der Waals surface area contributed by atoms with Crippen molar-refractivity contribution in [3.8, 4) is 28.4 Å². The summed E-state index contributed by atoms with van der Waals surface area (Å²) in [4.78, 5) is 0. The molecule has 0 heterocycles. The number of rotatable bonds is 7. The lowest BCUT2D eigenvalue weighted by Crippen LogP contribution is -2.13. The van der Waals surface area contributed by atoms with Gasteiger partial charge in [0.15, 0.2) is 0 Å². The smallest absolute Gasteiger partial charge is 0.620 e. The number of hydrogen-bond acceptors (Lipinski definition) is 3. The third kappa shape index (κ3) is 7.70. The summed E-state index contributed by atoms with van der Waals surface area (Å²) in [5, 5.41) is 0. The summed E-state index contributed by atoms with van der Waals surface area (Å²) in [6, 6.07) is 11.0. The first kappa shape index (κ1) is 25.4. The van der Waals surface area contributed by atoms with Crippen LogP contribution in [-0.4, -0.2) is 37.9 Å². The molecule has 12 heteroatoms. The summed E-state index contributed by atoms with van der Waals surface area (Å²) >= 11 is -7.14. The van der Waals surface area contributed by atoms with Crippen LogP contribution >= 0.6 is 60.3 Å². The van der Waals surface area contributed by atoms with Crippen molar-refractivity contribution < 1.29 is 11.4 Å². The fraction of sp³-hybridized carbons (Fsp3) is 0.250. The Bertz CT molecular complexity index is 815. The molecule has 0 aliphatic rings. The molecule has 0 fully saturated rings. The molecular weight excluding hydrogens is 534 g/mol. The number of benzene rings is 2. The molecule has 2 aromatic rings. The molecule has 3 nitrogen and oxygen atoms in total. The zero-order valence-electron chi connectivity index (χ0n) is 15.2. The van der Waals surface area contributed by atoms with E-state index in [1.54, 1.807) is 18.2 Å². The van der Waals surface area contributed by atoms with Crippen molar-refractivity contribution in [2.24, 2.45) is 0 Å². The van der Waals surface area contributed by atoms with Crippen LogP contribution in [0.3, 0.4) is 0 Å². The summed E-state index contributed by atoms with van der Waals surface area (Å²) in [7, 11) is 35.7. The lowest BCUT2D eigenvalue weighted by molar-refractivity contribution is 0.578. The maximum Gasteiger partial charge on any atom is 0.815 e. The Morgan fingerprint density at radius 2 is 1.11 bits per heavy atom. The molecule has 2 rings (SSSR count). The van der Waals surface area contributed by atoms with Gasteiger partial charge in [0.05, 0.1) is 17.2 Å². The molecule has 0 aromatic heterocycles. The fourth-order valence-corrected chi connectivity index (χ4v) is 5.42. The van der Waals surface area contributed by atoms with E-state index in [0.717, 1.165) is 11.1 Å². The summed E-state index contributed by atoms with van der Waals surface area (Å²) in [6.45, 7) is 6.34. The van der Waals surface area contributed by atoms with Crippen molar-refractivity contribution in [1.82, 2.24) is 0 Å². The standard InChI is InChI=1S/C16H18O3.3Al.6ClH/c1-16(2,3)10-4-6-14(18)12(8-10)13-9-11(17)5-7-15(13)19;;;;;;;;;/h4-9,17-19H,1-3H3;;;;6*1H/q;3*+3;;;;;;/p-9. The maximum atomic E-state index is 5.99. The van der Waals surface area contributed by atoms with Crippen LogP contribution in [0.2, 0.25) is 0 Å². The lowest BCUT2D eigenvalue weighted by atomic mass is 9.85. The first-order valence-corrected chi connectivity index (χ1v) is 20.0. The van der Waals surface area contributed by atoms with E-state index in [0.29, 0.717) is 22.8 Å². The molecule has 0 aliphatic heterocycles. The Labute approximate surface area is 204 Å². The normalized spacial score (nSPS) is 11.0. The van der Waals surface area contributed by atoms with E-state index in [2.05, 4.69) is 20.8 Å². The summed E-state index contributed by atoms with van der Waals surface area (Å²) < 4.78 is 16.9. The van der Waals surface area contributed by atoms with Crippen molar-refractivity contribution in [3.05, 3.63) is 42.0 Å². The predicted octanol–water partition coefficient (Wildman–Crippen LogP) is 7.18. The average molecular weight is 549 g/mol. The van der Waals surface area contributed by atoms with Gasteiger partial charge in [-0.05, 0) is 41.3 Å². The molecule has 0 aliphatic carbocycles. The van der Waals surface area contributed by atoms with Gasteiger partial charge in [-0.15, -0.1) is 0 Å². The predicted molar refractivity (Wildman–Crippen MR) is 125 cm³/mol. The zero-order chi connectivity index (χ0) is 21.1. The van der Waals surface area contributed by atoms with Gasteiger partial charge in [0.2, 0.25) is 0 Å². The van der Waals surface area contributed by atoms with Gasteiger partial charge in [-0.3, -0.25) is 0 Å².